The molecule has 1 aliphatic carbocycles. The molecule has 1 aliphatic heterocycles. The molecule has 6 nitrogen and oxygen atoms in total. The summed E-state index contributed by atoms with van der Waals surface area (Å²) in [5, 5.41) is 7.46. The van der Waals surface area contributed by atoms with Crippen LogP contribution in [0.3, 0.4) is 0 Å². The zero-order valence-corrected chi connectivity index (χ0v) is 14.4. The van der Waals surface area contributed by atoms with E-state index < -0.39 is 0 Å². The molecule has 1 aromatic heterocycles. The van der Waals surface area contributed by atoms with Gasteiger partial charge in [-0.15, -0.1) is 0 Å². The standard InChI is InChI=1S/C17H28N4O2/c1-4-21-11-13(9-19-21)16-14(7-8-23-16)17(22)18-10-15(20(2)3)12-5-6-12/h9,11-12,14-16H,4-8,10H2,1-3H3,(H,18,22)/t14-,15?,16+/m0/s1. The lowest BCUT2D eigenvalue weighted by Gasteiger charge is -2.25. The molecule has 1 aromatic rings. The predicted octanol–water partition coefficient (Wildman–Crippen LogP) is 1.44. The van der Waals surface area contributed by atoms with Crippen molar-refractivity contribution in [3.8, 4) is 0 Å². The summed E-state index contributed by atoms with van der Waals surface area (Å²) in [7, 11) is 4.19. The van der Waals surface area contributed by atoms with E-state index in [0.717, 1.165) is 31.0 Å². The highest BCUT2D eigenvalue weighted by atomic mass is 16.5. The van der Waals surface area contributed by atoms with Gasteiger partial charge in [-0.05, 0) is 46.2 Å². The number of rotatable bonds is 7. The smallest absolute Gasteiger partial charge is 0.226 e. The van der Waals surface area contributed by atoms with Gasteiger partial charge in [0.2, 0.25) is 5.91 Å². The topological polar surface area (TPSA) is 59.4 Å². The Hall–Kier alpha value is -1.40. The van der Waals surface area contributed by atoms with Crippen molar-refractivity contribution in [2.24, 2.45) is 11.8 Å². The maximum absolute atomic E-state index is 12.6. The van der Waals surface area contributed by atoms with E-state index >= 15 is 0 Å². The first kappa shape index (κ1) is 16.5. The summed E-state index contributed by atoms with van der Waals surface area (Å²) in [6.07, 6.45) is 7.00. The molecule has 1 amide bonds. The van der Waals surface area contributed by atoms with Crippen molar-refractivity contribution in [2.45, 2.75) is 44.9 Å². The third kappa shape index (κ3) is 3.75. The molecule has 23 heavy (non-hydrogen) atoms. The Morgan fingerprint density at radius 2 is 2.26 bits per heavy atom. The van der Waals surface area contributed by atoms with Crippen LogP contribution >= 0.6 is 0 Å². The maximum atomic E-state index is 12.6. The Morgan fingerprint density at radius 3 is 2.87 bits per heavy atom. The number of aromatic nitrogens is 2. The fraction of sp³-hybridized carbons (Fsp3) is 0.765. The first-order valence-electron chi connectivity index (χ1n) is 8.68. The summed E-state index contributed by atoms with van der Waals surface area (Å²) in [5.74, 6) is 0.750. The minimum Gasteiger partial charge on any atom is -0.373 e. The van der Waals surface area contributed by atoms with Crippen LogP contribution < -0.4 is 5.32 Å². The van der Waals surface area contributed by atoms with Crippen molar-refractivity contribution in [1.82, 2.24) is 20.0 Å². The van der Waals surface area contributed by atoms with E-state index in [-0.39, 0.29) is 17.9 Å². The van der Waals surface area contributed by atoms with Gasteiger partial charge >= 0.3 is 0 Å². The number of hydrogen-bond acceptors (Lipinski definition) is 4. The molecule has 1 saturated carbocycles. The molecule has 1 N–H and O–H groups in total. The molecule has 128 valence electrons. The summed E-state index contributed by atoms with van der Waals surface area (Å²) < 4.78 is 7.70. The van der Waals surface area contributed by atoms with Crippen molar-refractivity contribution in [2.75, 3.05) is 27.2 Å². The van der Waals surface area contributed by atoms with E-state index in [1.54, 1.807) is 0 Å². The fourth-order valence-corrected chi connectivity index (χ4v) is 3.47. The molecule has 1 saturated heterocycles. The van der Waals surface area contributed by atoms with Crippen LogP contribution in [0.2, 0.25) is 0 Å². The largest absolute Gasteiger partial charge is 0.373 e. The molecule has 2 heterocycles. The monoisotopic (exact) mass is 320 g/mol. The number of amides is 1. The third-order valence-corrected chi connectivity index (χ3v) is 5.05. The van der Waals surface area contributed by atoms with Gasteiger partial charge in [0.1, 0.15) is 0 Å². The van der Waals surface area contributed by atoms with E-state index in [1.807, 2.05) is 17.1 Å². The summed E-state index contributed by atoms with van der Waals surface area (Å²) in [5.41, 5.74) is 1.01. The third-order valence-electron chi connectivity index (χ3n) is 5.05. The summed E-state index contributed by atoms with van der Waals surface area (Å²) in [6, 6.07) is 0.447. The Labute approximate surface area is 138 Å². The van der Waals surface area contributed by atoms with E-state index in [9.17, 15) is 4.79 Å². The molecular formula is C17H28N4O2. The molecule has 0 aromatic carbocycles. The van der Waals surface area contributed by atoms with E-state index in [1.165, 1.54) is 12.8 Å². The fourth-order valence-electron chi connectivity index (χ4n) is 3.47. The zero-order chi connectivity index (χ0) is 16.4. The van der Waals surface area contributed by atoms with Gasteiger partial charge < -0.3 is 15.0 Å². The molecule has 2 aliphatic rings. The zero-order valence-electron chi connectivity index (χ0n) is 14.4. The number of aryl methyl sites for hydroxylation is 1. The SMILES string of the molecule is CCn1cc([C@H]2OCC[C@@H]2C(=O)NCC(C2CC2)N(C)C)cn1. The lowest BCUT2D eigenvalue weighted by atomic mass is 9.96. The first-order chi connectivity index (χ1) is 11.1. The lowest BCUT2D eigenvalue weighted by Crippen LogP contribution is -2.43. The highest BCUT2D eigenvalue weighted by Gasteiger charge is 2.37. The Kier molecular flexibility index (Phi) is 5.02. The summed E-state index contributed by atoms with van der Waals surface area (Å²) in [4.78, 5) is 14.9. The normalized spacial score (nSPS) is 25.7. The second-order valence-electron chi connectivity index (χ2n) is 6.93. The van der Waals surface area contributed by atoms with Gasteiger partial charge in [0.25, 0.3) is 0 Å². The van der Waals surface area contributed by atoms with Gasteiger partial charge in [-0.2, -0.15) is 5.10 Å². The first-order valence-corrected chi connectivity index (χ1v) is 8.68. The minimum absolute atomic E-state index is 0.105. The van der Waals surface area contributed by atoms with Crippen LogP contribution in [0.1, 0.15) is 37.9 Å². The van der Waals surface area contributed by atoms with Crippen molar-refractivity contribution >= 4 is 5.91 Å². The Bertz CT molecular complexity index is 536. The number of likely N-dealkylation sites (N-methyl/N-ethyl adjacent to an activating group) is 1. The van der Waals surface area contributed by atoms with E-state index in [2.05, 4.69) is 36.3 Å². The van der Waals surface area contributed by atoms with Crippen LogP contribution in [0.5, 0.6) is 0 Å². The number of carbonyl (C=O) groups is 1. The lowest BCUT2D eigenvalue weighted by molar-refractivity contribution is -0.127. The minimum atomic E-state index is -0.158. The Morgan fingerprint density at radius 1 is 1.48 bits per heavy atom. The highest BCUT2D eigenvalue weighted by Crippen LogP contribution is 2.36. The van der Waals surface area contributed by atoms with E-state index in [4.69, 9.17) is 4.74 Å². The molecule has 3 rings (SSSR count). The second-order valence-corrected chi connectivity index (χ2v) is 6.93. The second kappa shape index (κ2) is 7.01. The van der Waals surface area contributed by atoms with Crippen LogP contribution in [0, 0.1) is 11.8 Å². The molecule has 2 fully saturated rings. The van der Waals surface area contributed by atoms with Crippen LogP contribution in [0.15, 0.2) is 12.4 Å². The van der Waals surface area contributed by atoms with Gasteiger partial charge in [-0.25, -0.2) is 0 Å². The predicted molar refractivity (Wildman–Crippen MR) is 87.9 cm³/mol. The van der Waals surface area contributed by atoms with Crippen LogP contribution in [0.4, 0.5) is 0 Å². The van der Waals surface area contributed by atoms with Crippen molar-refractivity contribution in [3.63, 3.8) is 0 Å². The molecule has 1 unspecified atom stereocenters. The Balaban J connectivity index is 1.59. The van der Waals surface area contributed by atoms with Gasteiger partial charge in [0, 0.05) is 37.5 Å². The molecule has 0 radical (unpaired) electrons. The quantitative estimate of drug-likeness (QED) is 0.826. The van der Waals surface area contributed by atoms with Gasteiger partial charge in [-0.3, -0.25) is 9.48 Å². The number of ether oxygens (including phenoxy) is 1. The molecule has 6 heteroatoms. The molecule has 0 bridgehead atoms. The molecule has 3 atom stereocenters. The number of nitrogens with zero attached hydrogens (tertiary/aromatic N) is 3. The van der Waals surface area contributed by atoms with Gasteiger partial charge in [0.05, 0.1) is 18.2 Å². The van der Waals surface area contributed by atoms with Crippen molar-refractivity contribution in [3.05, 3.63) is 18.0 Å². The van der Waals surface area contributed by atoms with Gasteiger partial charge in [0.15, 0.2) is 0 Å². The molecule has 0 spiro atoms. The number of carbonyl (C=O) groups excluding carboxylic acids is 1. The highest BCUT2D eigenvalue weighted by molar-refractivity contribution is 5.79. The average Bonchev–Trinajstić information content (AvgIpc) is 3.05. The summed E-state index contributed by atoms with van der Waals surface area (Å²) >= 11 is 0. The number of hydrogen-bond donors (Lipinski definition) is 1. The number of nitrogens with one attached hydrogen (secondary N) is 1. The van der Waals surface area contributed by atoms with Crippen LogP contribution in [-0.4, -0.2) is 53.9 Å². The van der Waals surface area contributed by atoms with Crippen molar-refractivity contribution in [1.29, 1.82) is 0 Å². The van der Waals surface area contributed by atoms with E-state index in [0.29, 0.717) is 12.6 Å². The summed E-state index contributed by atoms with van der Waals surface area (Å²) in [6.45, 7) is 4.25. The maximum Gasteiger partial charge on any atom is 0.226 e. The van der Waals surface area contributed by atoms with Gasteiger partial charge in [-0.1, -0.05) is 0 Å². The van der Waals surface area contributed by atoms with Crippen LogP contribution in [-0.2, 0) is 16.1 Å². The average molecular weight is 320 g/mol. The molecular weight excluding hydrogens is 292 g/mol. The van der Waals surface area contributed by atoms with Crippen LogP contribution in [0.25, 0.3) is 0 Å². The van der Waals surface area contributed by atoms with Crippen molar-refractivity contribution < 1.29 is 9.53 Å².